The Morgan fingerprint density at radius 3 is 3.00 bits per heavy atom. The van der Waals surface area contributed by atoms with Crippen LogP contribution in [0, 0.1) is 5.92 Å². The molecular weight excluding hydrogens is 320 g/mol. The molecule has 0 aliphatic carbocycles. The van der Waals surface area contributed by atoms with Crippen molar-refractivity contribution in [3.63, 3.8) is 0 Å². The molecule has 2 aliphatic heterocycles. The molecule has 0 aromatic heterocycles. The Kier molecular flexibility index (Phi) is 4.43. The quantitative estimate of drug-likeness (QED) is 0.875. The van der Waals surface area contributed by atoms with Crippen LogP contribution in [0.4, 0.5) is 5.69 Å². The monoisotopic (exact) mass is 340 g/mol. The van der Waals surface area contributed by atoms with Crippen molar-refractivity contribution in [1.29, 1.82) is 0 Å². The highest BCUT2D eigenvalue weighted by molar-refractivity contribution is 5.92. The van der Waals surface area contributed by atoms with Gasteiger partial charge in [0.15, 0.2) is 11.5 Å². The first-order chi connectivity index (χ1) is 12.3. The Hall–Kier alpha value is -2.73. The average molecular weight is 340 g/mol. The summed E-state index contributed by atoms with van der Waals surface area (Å²) in [5.41, 5.74) is 1.78. The number of amides is 1. The van der Waals surface area contributed by atoms with Gasteiger partial charge >= 0.3 is 0 Å². The predicted molar refractivity (Wildman–Crippen MR) is 92.9 cm³/mol. The summed E-state index contributed by atoms with van der Waals surface area (Å²) >= 11 is 0. The SMILES string of the molecule is O=C(Nc1cccc(COc2ccc3c(c2)OCO3)c1)C1CCNC1. The Balaban J connectivity index is 1.37. The van der Waals surface area contributed by atoms with Gasteiger partial charge in [0, 0.05) is 18.3 Å². The fourth-order valence-electron chi connectivity index (χ4n) is 2.99. The molecule has 4 rings (SSSR count). The van der Waals surface area contributed by atoms with Gasteiger partial charge in [0.1, 0.15) is 12.4 Å². The first kappa shape index (κ1) is 15.8. The topological polar surface area (TPSA) is 68.8 Å². The standard InChI is InChI=1S/C19H20N2O4/c22-19(14-6-7-20-10-14)21-15-3-1-2-13(8-15)11-23-16-4-5-17-18(9-16)25-12-24-17/h1-5,8-9,14,20H,6-7,10-12H2,(H,21,22). The van der Waals surface area contributed by atoms with Crippen LogP contribution in [0.5, 0.6) is 17.2 Å². The highest BCUT2D eigenvalue weighted by atomic mass is 16.7. The molecule has 1 fully saturated rings. The summed E-state index contributed by atoms with van der Waals surface area (Å²) < 4.78 is 16.5. The van der Waals surface area contributed by atoms with E-state index in [1.54, 1.807) is 0 Å². The normalized spacial score (nSPS) is 18.2. The highest BCUT2D eigenvalue weighted by Crippen LogP contribution is 2.35. The van der Waals surface area contributed by atoms with Crippen molar-refractivity contribution >= 4 is 11.6 Å². The van der Waals surface area contributed by atoms with E-state index in [4.69, 9.17) is 14.2 Å². The summed E-state index contributed by atoms with van der Waals surface area (Å²) in [6, 6.07) is 13.2. The second kappa shape index (κ2) is 7.03. The van der Waals surface area contributed by atoms with Crippen molar-refractivity contribution in [3.05, 3.63) is 48.0 Å². The third-order valence-corrected chi connectivity index (χ3v) is 4.38. The number of hydrogen-bond acceptors (Lipinski definition) is 5. The van der Waals surface area contributed by atoms with E-state index in [9.17, 15) is 4.79 Å². The second-order valence-electron chi connectivity index (χ2n) is 6.18. The van der Waals surface area contributed by atoms with Gasteiger partial charge in [-0.05, 0) is 42.8 Å². The molecule has 1 unspecified atom stereocenters. The average Bonchev–Trinajstić information content (AvgIpc) is 3.31. The Labute approximate surface area is 146 Å². The molecule has 0 saturated carbocycles. The minimum absolute atomic E-state index is 0.0496. The molecule has 130 valence electrons. The van der Waals surface area contributed by atoms with Gasteiger partial charge in [0.05, 0.1) is 5.92 Å². The Morgan fingerprint density at radius 2 is 2.12 bits per heavy atom. The summed E-state index contributed by atoms with van der Waals surface area (Å²) in [6.45, 7) is 2.31. The molecule has 0 radical (unpaired) electrons. The largest absolute Gasteiger partial charge is 0.489 e. The van der Waals surface area contributed by atoms with Crippen LogP contribution in [0.15, 0.2) is 42.5 Å². The number of benzene rings is 2. The summed E-state index contributed by atoms with van der Waals surface area (Å²) in [7, 11) is 0. The van der Waals surface area contributed by atoms with Crippen LogP contribution < -0.4 is 24.8 Å². The van der Waals surface area contributed by atoms with Crippen molar-refractivity contribution < 1.29 is 19.0 Å². The third kappa shape index (κ3) is 3.69. The fraction of sp³-hybridized carbons (Fsp3) is 0.316. The lowest BCUT2D eigenvalue weighted by atomic mass is 10.1. The number of rotatable bonds is 5. The van der Waals surface area contributed by atoms with E-state index in [0.29, 0.717) is 12.4 Å². The van der Waals surface area contributed by atoms with Crippen LogP contribution in [0.3, 0.4) is 0 Å². The number of carbonyl (C=O) groups excluding carboxylic acids is 1. The van der Waals surface area contributed by atoms with E-state index < -0.39 is 0 Å². The second-order valence-corrected chi connectivity index (χ2v) is 6.18. The van der Waals surface area contributed by atoms with Crippen LogP contribution in [0.25, 0.3) is 0 Å². The molecule has 2 aliphatic rings. The maximum absolute atomic E-state index is 12.2. The van der Waals surface area contributed by atoms with Crippen LogP contribution in [-0.4, -0.2) is 25.8 Å². The third-order valence-electron chi connectivity index (χ3n) is 4.38. The van der Waals surface area contributed by atoms with Gasteiger partial charge in [0.2, 0.25) is 12.7 Å². The molecule has 2 aromatic rings. The fourth-order valence-corrected chi connectivity index (χ4v) is 2.99. The Bertz CT molecular complexity index is 772. The summed E-state index contributed by atoms with van der Waals surface area (Å²) in [4.78, 5) is 12.2. The molecule has 0 bridgehead atoms. The first-order valence-corrected chi connectivity index (χ1v) is 8.41. The number of ether oxygens (including phenoxy) is 3. The minimum atomic E-state index is 0.0496. The first-order valence-electron chi connectivity index (χ1n) is 8.41. The summed E-state index contributed by atoms with van der Waals surface area (Å²) in [6.07, 6.45) is 0.888. The van der Waals surface area contributed by atoms with E-state index in [1.165, 1.54) is 0 Å². The number of carbonyl (C=O) groups is 1. The van der Waals surface area contributed by atoms with Crippen molar-refractivity contribution in [2.45, 2.75) is 13.0 Å². The molecule has 2 aromatic carbocycles. The lowest BCUT2D eigenvalue weighted by molar-refractivity contribution is -0.119. The zero-order valence-electron chi connectivity index (χ0n) is 13.8. The molecule has 1 saturated heterocycles. The number of anilines is 1. The molecule has 25 heavy (non-hydrogen) atoms. The molecular formula is C19H20N2O4. The van der Waals surface area contributed by atoms with Crippen LogP contribution in [-0.2, 0) is 11.4 Å². The van der Waals surface area contributed by atoms with E-state index in [2.05, 4.69) is 10.6 Å². The lowest BCUT2D eigenvalue weighted by Gasteiger charge is -2.12. The van der Waals surface area contributed by atoms with Gasteiger partial charge in [0.25, 0.3) is 0 Å². The zero-order chi connectivity index (χ0) is 17.1. The van der Waals surface area contributed by atoms with Crippen LogP contribution in [0.1, 0.15) is 12.0 Å². The summed E-state index contributed by atoms with van der Waals surface area (Å²) in [5.74, 6) is 2.27. The molecule has 1 amide bonds. The van der Waals surface area contributed by atoms with Gasteiger partial charge < -0.3 is 24.8 Å². The molecule has 2 heterocycles. The predicted octanol–water partition coefficient (Wildman–Crippen LogP) is 2.54. The lowest BCUT2D eigenvalue weighted by Crippen LogP contribution is -2.24. The van der Waals surface area contributed by atoms with E-state index in [-0.39, 0.29) is 18.6 Å². The van der Waals surface area contributed by atoms with Crippen LogP contribution >= 0.6 is 0 Å². The Morgan fingerprint density at radius 1 is 1.20 bits per heavy atom. The number of nitrogens with one attached hydrogen (secondary N) is 2. The molecule has 1 atom stereocenters. The summed E-state index contributed by atoms with van der Waals surface area (Å²) in [5, 5.41) is 6.19. The van der Waals surface area contributed by atoms with E-state index in [0.717, 1.165) is 42.3 Å². The van der Waals surface area contributed by atoms with Gasteiger partial charge in [-0.15, -0.1) is 0 Å². The maximum atomic E-state index is 12.2. The van der Waals surface area contributed by atoms with Gasteiger partial charge in [-0.2, -0.15) is 0 Å². The van der Waals surface area contributed by atoms with Crippen molar-refractivity contribution in [1.82, 2.24) is 5.32 Å². The molecule has 0 spiro atoms. The van der Waals surface area contributed by atoms with Gasteiger partial charge in [-0.1, -0.05) is 12.1 Å². The minimum Gasteiger partial charge on any atom is -0.489 e. The van der Waals surface area contributed by atoms with Gasteiger partial charge in [-0.25, -0.2) is 0 Å². The van der Waals surface area contributed by atoms with E-state index in [1.807, 2.05) is 42.5 Å². The van der Waals surface area contributed by atoms with E-state index >= 15 is 0 Å². The zero-order valence-corrected chi connectivity index (χ0v) is 13.8. The molecule has 2 N–H and O–H groups in total. The maximum Gasteiger partial charge on any atom is 0.231 e. The number of fused-ring (bicyclic) bond motifs is 1. The van der Waals surface area contributed by atoms with Crippen molar-refractivity contribution in [3.8, 4) is 17.2 Å². The smallest absolute Gasteiger partial charge is 0.231 e. The molecule has 6 heteroatoms. The van der Waals surface area contributed by atoms with Crippen molar-refractivity contribution in [2.24, 2.45) is 5.92 Å². The number of hydrogen-bond donors (Lipinski definition) is 2. The van der Waals surface area contributed by atoms with Gasteiger partial charge in [-0.3, -0.25) is 4.79 Å². The van der Waals surface area contributed by atoms with Crippen molar-refractivity contribution in [2.75, 3.05) is 25.2 Å². The van der Waals surface area contributed by atoms with Crippen LogP contribution in [0.2, 0.25) is 0 Å². The highest BCUT2D eigenvalue weighted by Gasteiger charge is 2.22. The molecule has 6 nitrogen and oxygen atoms in total.